The molecule has 2 aromatic heterocycles. The molecular weight excluding hydrogens is 455 g/mol. The third-order valence-corrected chi connectivity index (χ3v) is 5.48. The second kappa shape index (κ2) is 8.37. The summed E-state index contributed by atoms with van der Waals surface area (Å²) in [7, 11) is 0. The van der Waals surface area contributed by atoms with E-state index in [9.17, 15) is 14.0 Å². The zero-order chi connectivity index (χ0) is 23.0. The van der Waals surface area contributed by atoms with Crippen molar-refractivity contribution in [2.45, 2.75) is 26.4 Å². The molecule has 0 aliphatic carbocycles. The number of anilines is 1. The summed E-state index contributed by atoms with van der Waals surface area (Å²) in [4.78, 5) is 29.9. The molecule has 0 fully saturated rings. The predicted octanol–water partition coefficient (Wildman–Crippen LogP) is 6.56. The molecule has 0 radical (unpaired) electrons. The van der Waals surface area contributed by atoms with Gasteiger partial charge in [-0.3, -0.25) is 4.79 Å². The van der Waals surface area contributed by atoms with Gasteiger partial charge in [-0.25, -0.2) is 14.2 Å². The minimum absolute atomic E-state index is 0.113. The molecule has 0 unspecified atom stereocenters. The Balaban J connectivity index is 1.72. The van der Waals surface area contributed by atoms with Gasteiger partial charge in [0.25, 0.3) is 5.89 Å². The second-order valence-electron chi connectivity index (χ2n) is 7.92. The normalized spacial score (nSPS) is 11.5. The quantitative estimate of drug-likeness (QED) is 0.340. The summed E-state index contributed by atoms with van der Waals surface area (Å²) >= 11 is 7.14. The summed E-state index contributed by atoms with van der Waals surface area (Å²) in [5, 5.41) is 5.21. The molecule has 0 bridgehead atoms. The lowest BCUT2D eigenvalue weighted by molar-refractivity contribution is 0.00721. The molecular formula is C23H18ClFN2O4S. The van der Waals surface area contributed by atoms with Gasteiger partial charge in [0.2, 0.25) is 0 Å². The van der Waals surface area contributed by atoms with Crippen LogP contribution in [-0.4, -0.2) is 22.5 Å². The molecule has 0 atom stereocenters. The van der Waals surface area contributed by atoms with Crippen molar-refractivity contribution in [2.24, 2.45) is 0 Å². The number of carbonyl (C=O) groups is 2. The second-order valence-corrected chi connectivity index (χ2v) is 9.24. The van der Waals surface area contributed by atoms with Crippen molar-refractivity contribution in [1.82, 2.24) is 4.98 Å². The number of amides is 1. The zero-order valence-electron chi connectivity index (χ0n) is 17.4. The van der Waals surface area contributed by atoms with Crippen molar-refractivity contribution >= 4 is 50.9 Å². The molecule has 2 aromatic carbocycles. The number of thiophene rings is 1. The van der Waals surface area contributed by atoms with Crippen molar-refractivity contribution in [2.75, 3.05) is 5.32 Å². The maximum atomic E-state index is 13.9. The van der Waals surface area contributed by atoms with Gasteiger partial charge in [0.05, 0.1) is 0 Å². The first-order valence-electron chi connectivity index (χ1n) is 9.59. The summed E-state index contributed by atoms with van der Waals surface area (Å²) in [5.41, 5.74) is 0.877. The first-order chi connectivity index (χ1) is 15.1. The van der Waals surface area contributed by atoms with Crippen molar-refractivity contribution in [3.63, 3.8) is 0 Å². The van der Waals surface area contributed by atoms with Crippen molar-refractivity contribution in [3.8, 4) is 11.1 Å². The standard InChI is InChI=1S/C23H18ClFN2O4S/c1-23(2,3)31-22(29)17-14(12-7-9-13(24)10-8-12)11-32-21(17)27-19(28)20-26-16-6-4-5-15(25)18(16)30-20/h4-11H,1-3H3,(H,27,28). The smallest absolute Gasteiger partial charge is 0.342 e. The fraction of sp³-hybridized carbons (Fsp3) is 0.174. The minimum atomic E-state index is -0.741. The number of hydrogen-bond acceptors (Lipinski definition) is 6. The monoisotopic (exact) mass is 472 g/mol. The average Bonchev–Trinajstić information content (AvgIpc) is 3.32. The molecule has 1 amide bonds. The minimum Gasteiger partial charge on any atom is -0.456 e. The molecule has 4 rings (SSSR count). The lowest BCUT2D eigenvalue weighted by Gasteiger charge is -2.20. The van der Waals surface area contributed by atoms with E-state index < -0.39 is 23.3 Å². The van der Waals surface area contributed by atoms with Gasteiger partial charge in [-0.1, -0.05) is 29.8 Å². The number of hydrogen-bond donors (Lipinski definition) is 1. The number of halogens is 2. The van der Waals surface area contributed by atoms with Crippen LogP contribution >= 0.6 is 22.9 Å². The van der Waals surface area contributed by atoms with E-state index in [1.165, 1.54) is 18.2 Å². The van der Waals surface area contributed by atoms with E-state index in [1.807, 2.05) is 0 Å². The molecule has 9 heteroatoms. The van der Waals surface area contributed by atoms with Crippen LogP contribution in [0.2, 0.25) is 5.02 Å². The highest BCUT2D eigenvalue weighted by Gasteiger charge is 2.28. The first-order valence-corrected chi connectivity index (χ1v) is 10.9. The first kappa shape index (κ1) is 22.0. The predicted molar refractivity (Wildman–Crippen MR) is 122 cm³/mol. The van der Waals surface area contributed by atoms with E-state index in [0.717, 1.165) is 16.9 Å². The number of para-hydroxylation sites is 1. The van der Waals surface area contributed by atoms with Gasteiger partial charge in [0, 0.05) is 16.0 Å². The Bertz CT molecular complexity index is 1320. The number of nitrogens with one attached hydrogen (secondary N) is 1. The van der Waals surface area contributed by atoms with Crippen LogP contribution < -0.4 is 5.32 Å². The number of ether oxygens (including phenoxy) is 1. The van der Waals surface area contributed by atoms with Gasteiger partial charge < -0.3 is 14.5 Å². The Kier molecular flexibility index (Phi) is 5.75. The third-order valence-electron chi connectivity index (χ3n) is 4.34. The third kappa shape index (κ3) is 4.51. The number of aromatic nitrogens is 1. The molecule has 32 heavy (non-hydrogen) atoms. The zero-order valence-corrected chi connectivity index (χ0v) is 18.9. The topological polar surface area (TPSA) is 81.4 Å². The van der Waals surface area contributed by atoms with Crippen LogP contribution in [0.1, 0.15) is 41.8 Å². The fourth-order valence-corrected chi connectivity index (χ4v) is 4.07. The van der Waals surface area contributed by atoms with Crippen molar-refractivity contribution in [3.05, 3.63) is 70.1 Å². The molecule has 1 N–H and O–H groups in total. The number of fused-ring (bicyclic) bond motifs is 1. The summed E-state index contributed by atoms with van der Waals surface area (Å²) in [6.07, 6.45) is 0. The van der Waals surface area contributed by atoms with Crippen LogP contribution in [0.5, 0.6) is 0 Å². The number of esters is 1. The van der Waals surface area contributed by atoms with Crippen LogP contribution in [0.25, 0.3) is 22.2 Å². The molecule has 6 nitrogen and oxygen atoms in total. The maximum absolute atomic E-state index is 13.9. The number of carbonyl (C=O) groups excluding carboxylic acids is 2. The van der Waals surface area contributed by atoms with E-state index in [4.69, 9.17) is 20.8 Å². The Morgan fingerprint density at radius 2 is 1.88 bits per heavy atom. The number of nitrogens with zero attached hydrogens (tertiary/aromatic N) is 1. The van der Waals surface area contributed by atoms with E-state index in [-0.39, 0.29) is 27.6 Å². The molecule has 0 saturated carbocycles. The fourth-order valence-electron chi connectivity index (χ4n) is 2.99. The Hall–Kier alpha value is -3.23. The van der Waals surface area contributed by atoms with E-state index in [2.05, 4.69) is 10.3 Å². The highest BCUT2D eigenvalue weighted by atomic mass is 35.5. The molecule has 4 aromatic rings. The van der Waals surface area contributed by atoms with Gasteiger partial charge in [0.1, 0.15) is 21.7 Å². The summed E-state index contributed by atoms with van der Waals surface area (Å²) < 4.78 is 24.8. The SMILES string of the molecule is CC(C)(C)OC(=O)c1c(-c2ccc(Cl)cc2)csc1NC(=O)c1nc2cccc(F)c2o1. The lowest BCUT2D eigenvalue weighted by atomic mass is 10.0. The number of rotatable bonds is 4. The van der Waals surface area contributed by atoms with Gasteiger partial charge in [-0.15, -0.1) is 11.3 Å². The van der Waals surface area contributed by atoms with Crippen LogP contribution in [0, 0.1) is 5.82 Å². The van der Waals surface area contributed by atoms with Gasteiger partial charge in [0.15, 0.2) is 11.4 Å². The molecule has 2 heterocycles. The summed E-state index contributed by atoms with van der Waals surface area (Å²) in [6, 6.07) is 11.2. The van der Waals surface area contributed by atoms with Crippen molar-refractivity contribution < 1.29 is 23.1 Å². The molecule has 164 valence electrons. The molecule has 0 spiro atoms. The largest absolute Gasteiger partial charge is 0.456 e. The van der Waals surface area contributed by atoms with Gasteiger partial charge >= 0.3 is 11.9 Å². The van der Waals surface area contributed by atoms with Crippen LogP contribution in [0.15, 0.2) is 52.3 Å². The Labute approximate surface area is 192 Å². The van der Waals surface area contributed by atoms with E-state index >= 15 is 0 Å². The maximum Gasteiger partial charge on any atom is 0.342 e. The van der Waals surface area contributed by atoms with E-state index in [0.29, 0.717) is 10.6 Å². The van der Waals surface area contributed by atoms with Gasteiger partial charge in [-0.2, -0.15) is 0 Å². The number of oxazole rings is 1. The summed E-state index contributed by atoms with van der Waals surface area (Å²) in [6.45, 7) is 5.26. The number of benzene rings is 2. The molecule has 0 aliphatic rings. The summed E-state index contributed by atoms with van der Waals surface area (Å²) in [5.74, 6) is -2.25. The molecule has 0 aliphatic heterocycles. The van der Waals surface area contributed by atoms with Crippen LogP contribution in [-0.2, 0) is 4.74 Å². The average molecular weight is 473 g/mol. The van der Waals surface area contributed by atoms with E-state index in [1.54, 1.807) is 50.4 Å². The van der Waals surface area contributed by atoms with Crippen LogP contribution in [0.4, 0.5) is 9.39 Å². The van der Waals surface area contributed by atoms with Gasteiger partial charge in [-0.05, 0) is 50.6 Å². The Morgan fingerprint density at radius 1 is 1.16 bits per heavy atom. The molecule has 0 saturated heterocycles. The highest BCUT2D eigenvalue weighted by molar-refractivity contribution is 7.15. The lowest BCUT2D eigenvalue weighted by Crippen LogP contribution is -2.25. The Morgan fingerprint density at radius 3 is 2.53 bits per heavy atom. The van der Waals surface area contributed by atoms with Crippen molar-refractivity contribution in [1.29, 1.82) is 0 Å². The highest BCUT2D eigenvalue weighted by Crippen LogP contribution is 2.37. The van der Waals surface area contributed by atoms with Crippen LogP contribution in [0.3, 0.4) is 0 Å².